The van der Waals surface area contributed by atoms with Crippen molar-refractivity contribution in [2.45, 2.75) is 45.6 Å². The van der Waals surface area contributed by atoms with Crippen LogP contribution in [0.3, 0.4) is 0 Å². The standard InChI is InChI=1S/C31H31FN2O3.CH4/c32-14-2-15-34-16-13-26(19-34)37-25-9-5-21(6-10-25)31-27(23-7-12-29-30(18-23)36-20-33-29)4-1-3-22-17-24(35)8-11-28(22)31;/h5-12,17-18,20,26,35H,1-4,13-16,19H2;1H4/t26-;/m0./s1. The van der Waals surface area contributed by atoms with E-state index in [4.69, 9.17) is 9.15 Å². The van der Waals surface area contributed by atoms with Crippen LogP contribution in [0.25, 0.3) is 22.2 Å². The minimum atomic E-state index is -0.268. The first kappa shape index (κ1) is 26.0. The molecule has 0 bridgehead atoms. The molecular weight excluding hydrogens is 479 g/mol. The van der Waals surface area contributed by atoms with Crippen LogP contribution in [-0.4, -0.2) is 47.4 Å². The molecule has 1 N–H and O–H groups in total. The second kappa shape index (κ2) is 11.4. The molecule has 1 saturated heterocycles. The van der Waals surface area contributed by atoms with Crippen molar-refractivity contribution in [1.29, 1.82) is 0 Å². The number of nitrogens with zero attached hydrogens (tertiary/aromatic N) is 2. The second-order valence-corrected chi connectivity index (χ2v) is 9.98. The van der Waals surface area contributed by atoms with E-state index in [9.17, 15) is 9.50 Å². The fourth-order valence-corrected chi connectivity index (χ4v) is 5.71. The van der Waals surface area contributed by atoms with Gasteiger partial charge in [0.15, 0.2) is 12.0 Å². The van der Waals surface area contributed by atoms with Gasteiger partial charge >= 0.3 is 0 Å². The van der Waals surface area contributed by atoms with E-state index < -0.39 is 0 Å². The molecule has 1 aliphatic carbocycles. The lowest BCUT2D eigenvalue weighted by Crippen LogP contribution is -2.26. The zero-order chi connectivity index (χ0) is 25.2. The molecule has 0 saturated carbocycles. The van der Waals surface area contributed by atoms with Gasteiger partial charge in [-0.3, -0.25) is 9.29 Å². The second-order valence-electron chi connectivity index (χ2n) is 9.98. The number of benzene rings is 3. The molecule has 1 atom stereocenters. The van der Waals surface area contributed by atoms with Gasteiger partial charge in [-0.1, -0.05) is 31.7 Å². The summed E-state index contributed by atoms with van der Waals surface area (Å²) in [4.78, 5) is 6.55. The van der Waals surface area contributed by atoms with Crippen molar-refractivity contribution in [3.63, 3.8) is 0 Å². The minimum Gasteiger partial charge on any atom is -0.508 e. The first-order chi connectivity index (χ1) is 18.2. The topological polar surface area (TPSA) is 58.7 Å². The van der Waals surface area contributed by atoms with Crippen LogP contribution < -0.4 is 4.74 Å². The molecule has 2 heterocycles. The largest absolute Gasteiger partial charge is 0.508 e. The molecule has 1 aliphatic heterocycles. The maximum Gasteiger partial charge on any atom is 0.181 e. The van der Waals surface area contributed by atoms with Crippen LogP contribution in [0.15, 0.2) is 71.5 Å². The normalized spacial score (nSPS) is 17.8. The summed E-state index contributed by atoms with van der Waals surface area (Å²) in [5, 5.41) is 10.2. The fraction of sp³-hybridized carbons (Fsp3) is 0.344. The van der Waals surface area contributed by atoms with E-state index in [1.54, 1.807) is 6.07 Å². The molecule has 6 heteroatoms. The zero-order valence-corrected chi connectivity index (χ0v) is 20.8. The molecule has 6 rings (SSSR count). The van der Waals surface area contributed by atoms with Gasteiger partial charge in [-0.05, 0) is 102 Å². The number of rotatable bonds is 7. The van der Waals surface area contributed by atoms with Crippen molar-refractivity contribution in [3.8, 4) is 11.5 Å². The van der Waals surface area contributed by atoms with Crippen molar-refractivity contribution in [2.24, 2.45) is 0 Å². The predicted octanol–water partition coefficient (Wildman–Crippen LogP) is 7.28. The Morgan fingerprint density at radius 3 is 2.71 bits per heavy atom. The Hall–Kier alpha value is -3.64. The number of oxazole rings is 1. The number of hydrogen-bond donors (Lipinski definition) is 1. The van der Waals surface area contributed by atoms with Gasteiger partial charge in [-0.15, -0.1) is 0 Å². The molecule has 0 amide bonds. The Bertz CT molecular complexity index is 1430. The monoisotopic (exact) mass is 514 g/mol. The third kappa shape index (κ3) is 5.32. The summed E-state index contributed by atoms with van der Waals surface area (Å²) in [5.41, 5.74) is 8.61. The van der Waals surface area contributed by atoms with Crippen LogP contribution in [0.1, 0.15) is 55.4 Å². The number of ether oxygens (including phenoxy) is 1. The summed E-state index contributed by atoms with van der Waals surface area (Å²) >= 11 is 0. The lowest BCUT2D eigenvalue weighted by Gasteiger charge is -2.18. The van der Waals surface area contributed by atoms with E-state index >= 15 is 0 Å². The van der Waals surface area contributed by atoms with Crippen molar-refractivity contribution in [2.75, 3.05) is 26.3 Å². The highest BCUT2D eigenvalue weighted by Crippen LogP contribution is 2.41. The minimum absolute atomic E-state index is 0. The summed E-state index contributed by atoms with van der Waals surface area (Å²) < 4.78 is 24.4. The molecule has 0 unspecified atom stereocenters. The summed E-state index contributed by atoms with van der Waals surface area (Å²) in [5.74, 6) is 1.15. The Morgan fingerprint density at radius 1 is 1.03 bits per heavy atom. The van der Waals surface area contributed by atoms with Gasteiger partial charge in [-0.25, -0.2) is 4.98 Å². The van der Waals surface area contributed by atoms with E-state index in [0.29, 0.717) is 12.2 Å². The van der Waals surface area contributed by atoms with Crippen LogP contribution in [0, 0.1) is 0 Å². The van der Waals surface area contributed by atoms with E-state index in [2.05, 4.69) is 46.3 Å². The molecule has 1 aromatic heterocycles. The third-order valence-corrected chi connectivity index (χ3v) is 7.50. The lowest BCUT2D eigenvalue weighted by atomic mass is 9.87. The SMILES string of the molecule is C.Oc1ccc2c(c1)CCCC(c1ccc3ncoc3c1)=C2c1ccc(O[C@H]2CCN(CCCF)C2)cc1. The highest BCUT2D eigenvalue weighted by Gasteiger charge is 2.24. The van der Waals surface area contributed by atoms with Crippen molar-refractivity contribution in [3.05, 3.63) is 89.3 Å². The maximum absolute atomic E-state index is 12.5. The van der Waals surface area contributed by atoms with Gasteiger partial charge in [0.25, 0.3) is 0 Å². The number of alkyl halides is 1. The summed E-state index contributed by atoms with van der Waals surface area (Å²) in [7, 11) is 0. The number of phenolic OH excluding ortho intramolecular Hbond substituents is 1. The molecule has 1 fully saturated rings. The molecule has 38 heavy (non-hydrogen) atoms. The molecule has 0 spiro atoms. The first-order valence-electron chi connectivity index (χ1n) is 13.1. The fourth-order valence-electron chi connectivity index (χ4n) is 5.71. The number of halogens is 1. The predicted molar refractivity (Wildman–Crippen MR) is 150 cm³/mol. The van der Waals surface area contributed by atoms with Crippen LogP contribution in [0.2, 0.25) is 0 Å². The molecule has 4 aromatic rings. The highest BCUT2D eigenvalue weighted by molar-refractivity contribution is 6.01. The molecule has 0 radical (unpaired) electrons. The molecule has 5 nitrogen and oxygen atoms in total. The summed E-state index contributed by atoms with van der Waals surface area (Å²) in [6.45, 7) is 2.33. The van der Waals surface area contributed by atoms with Gasteiger partial charge in [0.2, 0.25) is 0 Å². The van der Waals surface area contributed by atoms with Gasteiger partial charge in [0.1, 0.15) is 23.1 Å². The van der Waals surface area contributed by atoms with E-state index in [1.165, 1.54) is 17.5 Å². The zero-order valence-electron chi connectivity index (χ0n) is 20.8. The number of aromatic nitrogens is 1. The number of allylic oxidation sites excluding steroid dienone is 1. The maximum atomic E-state index is 12.5. The van der Waals surface area contributed by atoms with Gasteiger partial charge < -0.3 is 14.3 Å². The average molecular weight is 515 g/mol. The Kier molecular flexibility index (Phi) is 7.79. The Morgan fingerprint density at radius 2 is 1.87 bits per heavy atom. The molecule has 3 aromatic carbocycles. The van der Waals surface area contributed by atoms with Crippen LogP contribution in [0.5, 0.6) is 11.5 Å². The molecular formula is C32H35FN2O3. The van der Waals surface area contributed by atoms with Gasteiger partial charge in [-0.2, -0.15) is 0 Å². The smallest absolute Gasteiger partial charge is 0.181 e. The summed E-state index contributed by atoms with van der Waals surface area (Å²) in [6.07, 6.45) is 5.98. The van der Waals surface area contributed by atoms with E-state index in [-0.39, 0.29) is 20.2 Å². The van der Waals surface area contributed by atoms with Crippen LogP contribution in [0.4, 0.5) is 4.39 Å². The van der Waals surface area contributed by atoms with Crippen molar-refractivity contribution >= 4 is 22.2 Å². The number of aryl methyl sites for hydroxylation is 1. The van der Waals surface area contributed by atoms with Gasteiger partial charge in [0.05, 0.1) is 6.67 Å². The highest BCUT2D eigenvalue weighted by atomic mass is 19.1. The number of fused-ring (bicyclic) bond motifs is 2. The quantitative estimate of drug-likeness (QED) is 0.281. The summed E-state index contributed by atoms with van der Waals surface area (Å²) in [6, 6.07) is 20.3. The van der Waals surface area contributed by atoms with E-state index in [1.807, 2.05) is 18.2 Å². The number of aromatic hydroxyl groups is 1. The van der Waals surface area contributed by atoms with Gasteiger partial charge in [0, 0.05) is 19.6 Å². The molecule has 2 aliphatic rings. The van der Waals surface area contributed by atoms with Crippen molar-refractivity contribution in [1.82, 2.24) is 9.88 Å². The average Bonchev–Trinajstić information content (AvgIpc) is 3.53. The Balaban J connectivity index is 0.00000294. The Labute approximate surface area is 223 Å². The number of hydrogen-bond acceptors (Lipinski definition) is 5. The first-order valence-corrected chi connectivity index (χ1v) is 13.1. The van der Waals surface area contributed by atoms with Crippen LogP contribution in [-0.2, 0) is 6.42 Å². The number of likely N-dealkylation sites (tertiary alicyclic amines) is 1. The number of phenols is 1. The van der Waals surface area contributed by atoms with Crippen molar-refractivity contribution < 1.29 is 18.7 Å². The lowest BCUT2D eigenvalue weighted by molar-refractivity contribution is 0.198. The third-order valence-electron chi connectivity index (χ3n) is 7.50. The van der Waals surface area contributed by atoms with E-state index in [0.717, 1.165) is 84.4 Å². The van der Waals surface area contributed by atoms with Crippen LogP contribution >= 0.6 is 0 Å². The molecule has 198 valence electrons.